The van der Waals surface area contributed by atoms with Gasteiger partial charge in [-0.25, -0.2) is 4.39 Å². The van der Waals surface area contributed by atoms with Gasteiger partial charge in [0, 0.05) is 19.2 Å². The summed E-state index contributed by atoms with van der Waals surface area (Å²) in [5, 5.41) is 18.3. The van der Waals surface area contributed by atoms with Crippen molar-refractivity contribution in [2.75, 3.05) is 31.6 Å². The number of fused-ring (bicyclic) bond motifs is 1. The number of nitrogens with one attached hydrogen (secondary N) is 3. The monoisotopic (exact) mass is 451 g/mol. The minimum Gasteiger partial charge on any atom is -0.484 e. The van der Waals surface area contributed by atoms with E-state index in [0.717, 1.165) is 11.8 Å². The molecule has 10 heteroatoms. The molecule has 4 N–H and O–H groups in total. The normalized spacial score (nSPS) is 15.6. The first kappa shape index (κ1) is 22.6. The van der Waals surface area contributed by atoms with Crippen LogP contribution in [0.25, 0.3) is 0 Å². The SMILES string of the molecule is O=C(COc1ccc(Cl)c(F)c1)NC[C@@H](O)CCNC(=O)C1CNc2ccccc2O1. The molecule has 31 heavy (non-hydrogen) atoms. The van der Waals surface area contributed by atoms with Crippen LogP contribution in [-0.4, -0.2) is 55.4 Å². The Hall–Kier alpha value is -3.04. The van der Waals surface area contributed by atoms with Crippen LogP contribution in [0.2, 0.25) is 5.02 Å². The Morgan fingerprint density at radius 1 is 1.29 bits per heavy atom. The molecule has 2 aromatic carbocycles. The molecule has 0 radical (unpaired) electrons. The highest BCUT2D eigenvalue weighted by atomic mass is 35.5. The van der Waals surface area contributed by atoms with E-state index in [0.29, 0.717) is 12.3 Å². The number of hydrogen-bond donors (Lipinski definition) is 4. The predicted octanol–water partition coefficient (Wildman–Crippen LogP) is 1.71. The molecule has 166 valence electrons. The molecule has 2 atom stereocenters. The molecular weight excluding hydrogens is 429 g/mol. The summed E-state index contributed by atoms with van der Waals surface area (Å²) in [6.45, 7) is 0.219. The number of amides is 2. The Balaban J connectivity index is 1.30. The fraction of sp³-hybridized carbons (Fsp3) is 0.333. The van der Waals surface area contributed by atoms with Crippen molar-refractivity contribution in [1.82, 2.24) is 10.6 Å². The molecule has 0 aliphatic carbocycles. The molecule has 0 saturated carbocycles. The zero-order chi connectivity index (χ0) is 22.2. The van der Waals surface area contributed by atoms with E-state index in [4.69, 9.17) is 21.1 Å². The highest BCUT2D eigenvalue weighted by Crippen LogP contribution is 2.28. The van der Waals surface area contributed by atoms with E-state index >= 15 is 0 Å². The Labute approximate surface area is 183 Å². The Morgan fingerprint density at radius 2 is 2.10 bits per heavy atom. The number of benzene rings is 2. The van der Waals surface area contributed by atoms with Crippen LogP contribution in [0.15, 0.2) is 42.5 Å². The van der Waals surface area contributed by atoms with Gasteiger partial charge in [-0.05, 0) is 30.7 Å². The molecule has 0 spiro atoms. The number of para-hydroxylation sites is 2. The number of carbonyl (C=O) groups is 2. The summed E-state index contributed by atoms with van der Waals surface area (Å²) < 4.78 is 24.2. The molecule has 8 nitrogen and oxygen atoms in total. The second kappa shape index (κ2) is 10.8. The Morgan fingerprint density at radius 3 is 2.90 bits per heavy atom. The van der Waals surface area contributed by atoms with E-state index in [-0.39, 0.29) is 42.8 Å². The summed E-state index contributed by atoms with van der Waals surface area (Å²) in [6.07, 6.45) is -1.28. The third-order valence-electron chi connectivity index (χ3n) is 4.50. The maximum absolute atomic E-state index is 13.3. The topological polar surface area (TPSA) is 109 Å². The zero-order valence-electron chi connectivity index (χ0n) is 16.6. The van der Waals surface area contributed by atoms with Crippen LogP contribution in [0.5, 0.6) is 11.5 Å². The molecule has 3 rings (SSSR count). The number of aliphatic hydroxyl groups is 1. The van der Waals surface area contributed by atoms with E-state index in [9.17, 15) is 19.1 Å². The van der Waals surface area contributed by atoms with Crippen molar-refractivity contribution in [1.29, 1.82) is 0 Å². The standard InChI is InChI=1S/C21H23ClFN3O5/c22-15-6-5-14(9-16(15)23)30-12-20(28)26-10-13(27)7-8-24-21(29)19-11-25-17-3-1-2-4-18(17)31-19/h1-6,9,13,19,25,27H,7-8,10-12H2,(H,24,29)(H,26,28)/t13-,19?/m0/s1. The summed E-state index contributed by atoms with van der Waals surface area (Å²) in [6, 6.07) is 11.2. The first-order chi connectivity index (χ1) is 14.9. The predicted molar refractivity (Wildman–Crippen MR) is 113 cm³/mol. The van der Waals surface area contributed by atoms with Crippen LogP contribution in [0.4, 0.5) is 10.1 Å². The number of aliphatic hydroxyl groups excluding tert-OH is 1. The Bertz CT molecular complexity index is 930. The number of anilines is 1. The molecule has 2 aromatic rings. The van der Waals surface area contributed by atoms with E-state index in [1.54, 1.807) is 6.07 Å². The van der Waals surface area contributed by atoms with Crippen LogP contribution < -0.4 is 25.4 Å². The number of hydrogen-bond acceptors (Lipinski definition) is 6. The van der Waals surface area contributed by atoms with Crippen LogP contribution in [0.1, 0.15) is 6.42 Å². The molecule has 0 bridgehead atoms. The number of ether oxygens (including phenoxy) is 2. The van der Waals surface area contributed by atoms with Crippen LogP contribution in [0.3, 0.4) is 0 Å². The first-order valence-electron chi connectivity index (χ1n) is 9.72. The van der Waals surface area contributed by atoms with Gasteiger partial charge in [0.2, 0.25) is 0 Å². The summed E-state index contributed by atoms with van der Waals surface area (Å²) in [4.78, 5) is 24.0. The number of carbonyl (C=O) groups excluding carboxylic acids is 2. The summed E-state index contributed by atoms with van der Waals surface area (Å²) in [5.41, 5.74) is 0.836. The van der Waals surface area contributed by atoms with Gasteiger partial charge in [0.1, 0.15) is 17.3 Å². The van der Waals surface area contributed by atoms with Crippen molar-refractivity contribution in [3.8, 4) is 11.5 Å². The average molecular weight is 452 g/mol. The molecule has 2 amide bonds. The van der Waals surface area contributed by atoms with Crippen molar-refractivity contribution in [3.05, 3.63) is 53.3 Å². The first-order valence-corrected chi connectivity index (χ1v) is 10.1. The van der Waals surface area contributed by atoms with Crippen LogP contribution >= 0.6 is 11.6 Å². The largest absolute Gasteiger partial charge is 0.484 e. The van der Waals surface area contributed by atoms with Gasteiger partial charge in [0.15, 0.2) is 12.7 Å². The minimum absolute atomic E-state index is 0.0120. The van der Waals surface area contributed by atoms with E-state index < -0.39 is 23.9 Å². The third kappa shape index (κ3) is 6.73. The molecule has 1 aliphatic heterocycles. The molecule has 0 saturated heterocycles. The fourth-order valence-electron chi connectivity index (χ4n) is 2.84. The van der Waals surface area contributed by atoms with E-state index in [2.05, 4.69) is 16.0 Å². The molecule has 0 fully saturated rings. The fourth-order valence-corrected chi connectivity index (χ4v) is 2.95. The maximum Gasteiger partial charge on any atom is 0.262 e. The lowest BCUT2D eigenvalue weighted by Crippen LogP contribution is -2.45. The smallest absolute Gasteiger partial charge is 0.262 e. The van der Waals surface area contributed by atoms with Gasteiger partial charge in [-0.1, -0.05) is 23.7 Å². The van der Waals surface area contributed by atoms with Crippen molar-refractivity contribution in [2.45, 2.75) is 18.6 Å². The highest BCUT2D eigenvalue weighted by Gasteiger charge is 2.25. The lowest BCUT2D eigenvalue weighted by molar-refractivity contribution is -0.128. The number of rotatable bonds is 9. The molecule has 0 aromatic heterocycles. The van der Waals surface area contributed by atoms with Crippen LogP contribution in [0, 0.1) is 5.82 Å². The number of halogens is 2. The lowest BCUT2D eigenvalue weighted by atomic mass is 10.2. The van der Waals surface area contributed by atoms with Crippen molar-refractivity contribution < 1.29 is 28.6 Å². The zero-order valence-corrected chi connectivity index (χ0v) is 17.3. The molecule has 1 heterocycles. The summed E-state index contributed by atoms with van der Waals surface area (Å²) in [7, 11) is 0. The van der Waals surface area contributed by atoms with Crippen molar-refractivity contribution in [3.63, 3.8) is 0 Å². The third-order valence-corrected chi connectivity index (χ3v) is 4.81. The maximum atomic E-state index is 13.3. The van der Waals surface area contributed by atoms with Gasteiger partial charge in [0.25, 0.3) is 11.8 Å². The van der Waals surface area contributed by atoms with E-state index in [1.165, 1.54) is 12.1 Å². The van der Waals surface area contributed by atoms with Gasteiger partial charge in [0.05, 0.1) is 23.4 Å². The summed E-state index contributed by atoms with van der Waals surface area (Å²) >= 11 is 5.58. The molecular formula is C21H23ClFN3O5. The van der Waals surface area contributed by atoms with Gasteiger partial charge in [-0.15, -0.1) is 0 Å². The van der Waals surface area contributed by atoms with Gasteiger partial charge >= 0.3 is 0 Å². The lowest BCUT2D eigenvalue weighted by Gasteiger charge is -2.26. The Kier molecular flexibility index (Phi) is 7.91. The second-order valence-electron chi connectivity index (χ2n) is 6.89. The summed E-state index contributed by atoms with van der Waals surface area (Å²) in [5.74, 6) is -0.626. The van der Waals surface area contributed by atoms with Gasteiger partial charge in [-0.2, -0.15) is 0 Å². The van der Waals surface area contributed by atoms with Crippen LogP contribution in [-0.2, 0) is 9.59 Å². The van der Waals surface area contributed by atoms with Gasteiger partial charge < -0.3 is 30.5 Å². The second-order valence-corrected chi connectivity index (χ2v) is 7.29. The minimum atomic E-state index is -0.858. The molecule has 1 unspecified atom stereocenters. The average Bonchev–Trinajstić information content (AvgIpc) is 2.78. The van der Waals surface area contributed by atoms with Crippen molar-refractivity contribution >= 4 is 29.1 Å². The quantitative estimate of drug-likeness (QED) is 0.462. The highest BCUT2D eigenvalue weighted by molar-refractivity contribution is 6.30. The van der Waals surface area contributed by atoms with E-state index in [1.807, 2.05) is 18.2 Å². The molecule has 1 aliphatic rings. The van der Waals surface area contributed by atoms with Crippen molar-refractivity contribution in [2.24, 2.45) is 0 Å². The van der Waals surface area contributed by atoms with Gasteiger partial charge in [-0.3, -0.25) is 9.59 Å².